The number of nitrogens with zero attached hydrogens (tertiary/aromatic N) is 1. The van der Waals surface area contributed by atoms with Crippen LogP contribution in [0.4, 0.5) is 0 Å². The van der Waals surface area contributed by atoms with Gasteiger partial charge in [0.2, 0.25) is 0 Å². The Hall–Kier alpha value is 0.810. The molecule has 0 aromatic carbocycles. The standard InChI is InChI=1S/C3H8Cl2NP/c1-2-3-6-7(4)5/h7H,2-3H2,1H3. The molecule has 4 heteroatoms. The van der Waals surface area contributed by atoms with Crippen LogP contribution in [0.1, 0.15) is 13.3 Å². The largest absolute Gasteiger partial charge is 0.276 e. The van der Waals surface area contributed by atoms with Crippen LogP contribution in [0.3, 0.4) is 0 Å². The third-order valence-electron chi connectivity index (χ3n) is 0.455. The van der Waals surface area contributed by atoms with Crippen molar-refractivity contribution in [3.8, 4) is 0 Å². The van der Waals surface area contributed by atoms with Gasteiger partial charge in [-0.3, -0.25) is 4.74 Å². The molecule has 0 unspecified atom stereocenters. The maximum Gasteiger partial charge on any atom is 0.125 e. The molecule has 0 rings (SSSR count). The fraction of sp³-hybridized carbons (Fsp3) is 1.00. The van der Waals surface area contributed by atoms with Crippen molar-refractivity contribution in [1.82, 2.24) is 0 Å². The van der Waals surface area contributed by atoms with Crippen molar-refractivity contribution in [2.75, 3.05) is 6.54 Å². The molecule has 0 N–H and O–H groups in total. The lowest BCUT2D eigenvalue weighted by atomic mass is 10.5. The van der Waals surface area contributed by atoms with Crippen LogP contribution in [0.25, 0.3) is 0 Å². The first-order valence-electron chi connectivity index (χ1n) is 2.12. The van der Waals surface area contributed by atoms with Crippen LogP contribution in [0.5, 0.6) is 0 Å². The fourth-order valence-corrected chi connectivity index (χ4v) is 1.10. The topological polar surface area (TPSA) is 12.4 Å². The van der Waals surface area contributed by atoms with Crippen molar-refractivity contribution >= 4 is 28.9 Å². The van der Waals surface area contributed by atoms with Gasteiger partial charge in [-0.05, 0) is 6.42 Å². The Kier molecular flexibility index (Phi) is 5.53. The molecule has 7 heavy (non-hydrogen) atoms. The highest BCUT2D eigenvalue weighted by molar-refractivity contribution is 7.96. The minimum absolute atomic E-state index is 0.807. The quantitative estimate of drug-likeness (QED) is 0.550. The van der Waals surface area contributed by atoms with Crippen LogP contribution in [0.2, 0.25) is 0 Å². The van der Waals surface area contributed by atoms with Gasteiger partial charge < -0.3 is 0 Å². The summed E-state index contributed by atoms with van der Waals surface area (Å²) in [5.74, 6) is 0. The van der Waals surface area contributed by atoms with Crippen molar-refractivity contribution in [3.05, 3.63) is 0 Å². The molecule has 0 aliphatic rings. The lowest BCUT2D eigenvalue weighted by Crippen LogP contribution is -1.66. The summed E-state index contributed by atoms with van der Waals surface area (Å²) < 4.78 is 3.88. The molecule has 0 aromatic rings. The summed E-state index contributed by atoms with van der Waals surface area (Å²) in [6, 6.07) is 0. The molecule has 0 aliphatic carbocycles. The van der Waals surface area contributed by atoms with Gasteiger partial charge >= 0.3 is 0 Å². The highest BCUT2D eigenvalue weighted by Crippen LogP contribution is 2.36. The molecular formula is C3H8Cl2NP. The summed E-state index contributed by atoms with van der Waals surface area (Å²) in [6.07, 6.45) is -0.292. The summed E-state index contributed by atoms with van der Waals surface area (Å²) in [4.78, 5) is 0. The molecular weight excluding hydrogens is 152 g/mol. The first-order valence-corrected chi connectivity index (χ1v) is 5.60. The Morgan fingerprint density at radius 2 is 2.14 bits per heavy atom. The second-order valence-corrected chi connectivity index (χ2v) is 4.65. The van der Waals surface area contributed by atoms with Crippen molar-refractivity contribution in [3.63, 3.8) is 0 Å². The molecule has 0 fully saturated rings. The Morgan fingerprint density at radius 1 is 1.57 bits per heavy atom. The highest BCUT2D eigenvalue weighted by Gasteiger charge is 1.76. The molecule has 0 atom stereocenters. The average Bonchev–Trinajstić information content (AvgIpc) is 1.61. The third-order valence-corrected chi connectivity index (χ3v) is 1.63. The van der Waals surface area contributed by atoms with E-state index in [0.717, 1.165) is 13.0 Å². The molecule has 0 aromatic heterocycles. The van der Waals surface area contributed by atoms with Gasteiger partial charge in [-0.2, -0.15) is 0 Å². The van der Waals surface area contributed by atoms with Gasteiger partial charge in [-0.1, -0.05) is 29.4 Å². The minimum atomic E-state index is -1.33. The van der Waals surface area contributed by atoms with Crippen molar-refractivity contribution in [1.29, 1.82) is 0 Å². The van der Waals surface area contributed by atoms with Crippen LogP contribution < -0.4 is 0 Å². The number of hydrogen-bond acceptors (Lipinski definition) is 1. The van der Waals surface area contributed by atoms with Gasteiger partial charge in [-0.15, -0.1) is 0 Å². The van der Waals surface area contributed by atoms with Gasteiger partial charge in [0.25, 0.3) is 0 Å². The van der Waals surface area contributed by atoms with Crippen LogP contribution in [0, 0.1) is 0 Å². The fourth-order valence-electron chi connectivity index (χ4n) is 0.196. The van der Waals surface area contributed by atoms with E-state index in [-0.39, 0.29) is 0 Å². The summed E-state index contributed by atoms with van der Waals surface area (Å²) in [5.41, 5.74) is 0. The van der Waals surface area contributed by atoms with Crippen LogP contribution in [0.15, 0.2) is 4.74 Å². The third kappa shape index (κ3) is 6.81. The van der Waals surface area contributed by atoms with E-state index in [1.54, 1.807) is 0 Å². The molecule has 0 heterocycles. The van der Waals surface area contributed by atoms with E-state index in [2.05, 4.69) is 4.74 Å². The van der Waals surface area contributed by atoms with Crippen LogP contribution >= 0.6 is 28.9 Å². The van der Waals surface area contributed by atoms with E-state index < -0.39 is 6.42 Å². The number of rotatable bonds is 2. The second-order valence-electron chi connectivity index (χ2n) is 1.12. The van der Waals surface area contributed by atoms with E-state index in [0.29, 0.717) is 0 Å². The summed E-state index contributed by atoms with van der Waals surface area (Å²) in [7, 11) is 0. The van der Waals surface area contributed by atoms with Gasteiger partial charge in [0.05, 0.1) is 0 Å². The van der Waals surface area contributed by atoms with E-state index in [1.807, 2.05) is 6.92 Å². The first-order chi connectivity index (χ1) is 3.27. The molecule has 0 radical (unpaired) electrons. The molecule has 0 spiro atoms. The van der Waals surface area contributed by atoms with Crippen LogP contribution in [-0.4, -0.2) is 6.54 Å². The maximum absolute atomic E-state index is 5.36. The molecule has 0 saturated carbocycles. The van der Waals surface area contributed by atoms with E-state index in [9.17, 15) is 0 Å². The minimum Gasteiger partial charge on any atom is -0.276 e. The van der Waals surface area contributed by atoms with Gasteiger partial charge in [0.1, 0.15) is 6.42 Å². The van der Waals surface area contributed by atoms with Gasteiger partial charge in [-0.25, -0.2) is 0 Å². The lowest BCUT2D eigenvalue weighted by molar-refractivity contribution is 0.945. The van der Waals surface area contributed by atoms with E-state index in [1.165, 1.54) is 0 Å². The van der Waals surface area contributed by atoms with Crippen molar-refractivity contribution in [2.45, 2.75) is 13.3 Å². The average molecular weight is 160 g/mol. The van der Waals surface area contributed by atoms with Crippen LogP contribution in [-0.2, 0) is 0 Å². The molecule has 0 aliphatic heterocycles. The number of halogens is 2. The zero-order chi connectivity index (χ0) is 5.70. The van der Waals surface area contributed by atoms with Gasteiger partial charge in [0.15, 0.2) is 0 Å². The molecule has 44 valence electrons. The van der Waals surface area contributed by atoms with Gasteiger partial charge in [0, 0.05) is 6.54 Å². The summed E-state index contributed by atoms with van der Waals surface area (Å²) in [5, 5.41) is 0. The van der Waals surface area contributed by atoms with E-state index >= 15 is 0 Å². The Balaban J connectivity index is 3.08. The smallest absolute Gasteiger partial charge is 0.125 e. The Bertz CT molecular complexity index is 69.3. The lowest BCUT2D eigenvalue weighted by Gasteiger charge is -1.83. The van der Waals surface area contributed by atoms with Crippen molar-refractivity contribution < 1.29 is 0 Å². The molecule has 1 nitrogen and oxygen atoms in total. The zero-order valence-corrected chi connectivity index (χ0v) is 6.63. The molecule has 0 bridgehead atoms. The predicted molar refractivity (Wildman–Crippen MR) is 37.6 cm³/mol. The highest BCUT2D eigenvalue weighted by atomic mass is 35.9. The summed E-state index contributed by atoms with van der Waals surface area (Å²) >= 11 is 10.7. The Morgan fingerprint density at radius 3 is 2.29 bits per heavy atom. The van der Waals surface area contributed by atoms with Crippen molar-refractivity contribution in [2.24, 2.45) is 4.74 Å². The molecule has 0 saturated heterocycles. The van der Waals surface area contributed by atoms with E-state index in [4.69, 9.17) is 22.5 Å². The summed E-state index contributed by atoms with van der Waals surface area (Å²) in [6.45, 7) is 2.85. The maximum atomic E-state index is 5.36. The Labute approximate surface area is 54.1 Å². The number of hydrogen-bond donors (Lipinski definition) is 0. The normalized spacial score (nSPS) is 9.71. The SMILES string of the molecule is CCCN=[PH](Cl)Cl. The molecule has 0 amide bonds. The monoisotopic (exact) mass is 159 g/mol. The predicted octanol–water partition coefficient (Wildman–Crippen LogP) is 3.10. The first kappa shape index (κ1) is 7.81. The second kappa shape index (κ2) is 4.96. The zero-order valence-electron chi connectivity index (χ0n) is 4.12.